The molecular formula is C41H41ClN4O6. The van der Waals surface area contributed by atoms with Gasteiger partial charge < -0.3 is 28.4 Å². The predicted molar refractivity (Wildman–Crippen MR) is 198 cm³/mol. The van der Waals surface area contributed by atoms with Crippen molar-refractivity contribution in [2.45, 2.75) is 37.8 Å². The number of likely N-dealkylation sites (N-methyl/N-ethyl adjacent to an activating group) is 2. The Labute approximate surface area is 308 Å². The molecule has 1 aromatic heterocycles. The van der Waals surface area contributed by atoms with Crippen molar-refractivity contribution < 1.29 is 28.4 Å². The Morgan fingerprint density at radius 2 is 1.38 bits per heavy atom. The smallest absolute Gasteiger partial charge is 0.238 e. The number of hydrogen-bond acceptors (Lipinski definition) is 10. The number of fused-ring (bicyclic) bond motifs is 2. The standard InChI is InChI=1S/C41H41ClN4O6/c1-45-14-12-26-19-33(47-3)35-21-29(26)30(45)16-24-6-9-28(10-7-24)50-34-18-25(8-11-32(34)51-38-23-43-37(42)22-44-38)17-31-39-27(13-15-46(31)2)20-36(48-4)40(49-5)41(39)52-35/h6-11,18-23,30-31H,12-17H2,1-5H3/t30-,31+/m0/s1. The lowest BCUT2D eigenvalue weighted by atomic mass is 9.87. The third-order valence-corrected chi connectivity index (χ3v) is 10.6. The first-order valence-electron chi connectivity index (χ1n) is 17.4. The molecule has 11 heteroatoms. The average Bonchev–Trinajstić information content (AvgIpc) is 3.15. The van der Waals surface area contributed by atoms with Gasteiger partial charge in [-0.1, -0.05) is 29.8 Å². The molecule has 4 aromatic carbocycles. The fourth-order valence-corrected chi connectivity index (χ4v) is 7.75. The summed E-state index contributed by atoms with van der Waals surface area (Å²) in [7, 11) is 9.35. The Morgan fingerprint density at radius 3 is 2.12 bits per heavy atom. The number of hydrogen-bond donors (Lipinski definition) is 0. The van der Waals surface area contributed by atoms with Crippen LogP contribution in [0.1, 0.15) is 45.5 Å². The van der Waals surface area contributed by atoms with E-state index in [4.69, 9.17) is 40.0 Å². The third-order valence-electron chi connectivity index (χ3n) is 10.4. The molecule has 4 aliphatic heterocycles. The Bertz CT molecular complexity index is 2110. The minimum absolute atomic E-state index is 0.0685. The predicted octanol–water partition coefficient (Wildman–Crippen LogP) is 8.39. The number of halogens is 1. The van der Waals surface area contributed by atoms with Crippen LogP contribution in [0.4, 0.5) is 0 Å². The molecule has 0 N–H and O–H groups in total. The van der Waals surface area contributed by atoms with Gasteiger partial charge in [0.05, 0.1) is 33.7 Å². The van der Waals surface area contributed by atoms with Crippen molar-refractivity contribution in [1.29, 1.82) is 0 Å². The molecular weight excluding hydrogens is 680 g/mol. The Morgan fingerprint density at radius 1 is 0.692 bits per heavy atom. The summed E-state index contributed by atoms with van der Waals surface area (Å²) in [5, 5.41) is 0.287. The zero-order valence-corrected chi connectivity index (χ0v) is 30.7. The van der Waals surface area contributed by atoms with Crippen LogP contribution in [0, 0.1) is 0 Å². The molecule has 0 saturated carbocycles. The lowest BCUT2D eigenvalue weighted by molar-refractivity contribution is 0.220. The van der Waals surface area contributed by atoms with Crippen LogP contribution in [-0.2, 0) is 25.7 Å². The van der Waals surface area contributed by atoms with Gasteiger partial charge >= 0.3 is 0 Å². The molecule has 2 atom stereocenters. The summed E-state index contributed by atoms with van der Waals surface area (Å²) in [5.41, 5.74) is 6.91. The summed E-state index contributed by atoms with van der Waals surface area (Å²) >= 11 is 6.00. The van der Waals surface area contributed by atoms with E-state index in [-0.39, 0.29) is 17.2 Å². The molecule has 5 heterocycles. The van der Waals surface area contributed by atoms with Crippen molar-refractivity contribution in [2.75, 3.05) is 48.5 Å². The van der Waals surface area contributed by atoms with Gasteiger partial charge in [0, 0.05) is 30.7 Å². The van der Waals surface area contributed by atoms with E-state index in [0.717, 1.165) is 49.0 Å². The van der Waals surface area contributed by atoms with Crippen LogP contribution in [0.2, 0.25) is 5.15 Å². The maximum atomic E-state index is 7.06. The van der Waals surface area contributed by atoms with Gasteiger partial charge in [0.2, 0.25) is 11.6 Å². The number of aromatic nitrogens is 2. The van der Waals surface area contributed by atoms with E-state index in [0.29, 0.717) is 58.3 Å². The number of methoxy groups -OCH3 is 3. The number of nitrogens with zero attached hydrogens (tertiary/aromatic N) is 4. The average molecular weight is 721 g/mol. The van der Waals surface area contributed by atoms with Gasteiger partial charge in [0.15, 0.2) is 34.5 Å². The first kappa shape index (κ1) is 34.1. The lowest BCUT2D eigenvalue weighted by Gasteiger charge is -2.37. The van der Waals surface area contributed by atoms with Gasteiger partial charge in [0.25, 0.3) is 0 Å². The molecule has 0 fully saturated rings. The normalized spacial score (nSPS) is 18.3. The second kappa shape index (κ2) is 14.2. The lowest BCUT2D eigenvalue weighted by Crippen LogP contribution is -2.34. The molecule has 52 heavy (non-hydrogen) atoms. The fraction of sp³-hybridized carbons (Fsp3) is 0.317. The molecule has 10 nitrogen and oxygen atoms in total. The second-order valence-electron chi connectivity index (χ2n) is 13.5. The van der Waals surface area contributed by atoms with E-state index in [9.17, 15) is 0 Å². The van der Waals surface area contributed by atoms with Gasteiger partial charge in [-0.15, -0.1) is 0 Å². The van der Waals surface area contributed by atoms with Crippen LogP contribution in [0.15, 0.2) is 73.1 Å². The van der Waals surface area contributed by atoms with Gasteiger partial charge in [-0.05, 0) is 110 Å². The van der Waals surface area contributed by atoms with Gasteiger partial charge in [0.1, 0.15) is 10.9 Å². The summed E-state index contributed by atoms with van der Waals surface area (Å²) in [6.07, 6.45) is 6.15. The molecule has 9 rings (SSSR count). The third kappa shape index (κ3) is 6.46. The zero-order valence-electron chi connectivity index (χ0n) is 29.9. The van der Waals surface area contributed by atoms with Crippen molar-refractivity contribution in [3.05, 3.63) is 112 Å². The summed E-state index contributed by atoms with van der Waals surface area (Å²) in [4.78, 5) is 13.2. The fourth-order valence-electron chi connectivity index (χ4n) is 7.66. The van der Waals surface area contributed by atoms with E-state index in [1.165, 1.54) is 29.1 Å². The topological polar surface area (TPSA) is 87.6 Å². The Kier molecular flexibility index (Phi) is 9.29. The molecule has 0 unspecified atom stereocenters. The largest absolute Gasteiger partial charge is 0.493 e. The van der Waals surface area contributed by atoms with Crippen molar-refractivity contribution in [1.82, 2.24) is 19.8 Å². The van der Waals surface area contributed by atoms with E-state index < -0.39 is 0 Å². The van der Waals surface area contributed by atoms with Crippen LogP contribution in [-0.4, -0.2) is 68.3 Å². The van der Waals surface area contributed by atoms with Gasteiger partial charge in [-0.3, -0.25) is 9.80 Å². The van der Waals surface area contributed by atoms with E-state index in [1.54, 1.807) is 21.3 Å². The molecule has 0 saturated heterocycles. The zero-order chi connectivity index (χ0) is 35.9. The molecule has 0 spiro atoms. The number of ether oxygens (including phenoxy) is 6. The monoisotopic (exact) mass is 720 g/mol. The maximum absolute atomic E-state index is 7.06. The van der Waals surface area contributed by atoms with Crippen molar-refractivity contribution in [2.24, 2.45) is 0 Å². The van der Waals surface area contributed by atoms with Crippen LogP contribution in [0.5, 0.6) is 51.9 Å². The second-order valence-corrected chi connectivity index (χ2v) is 13.9. The molecule has 268 valence electrons. The van der Waals surface area contributed by atoms with Crippen LogP contribution >= 0.6 is 11.6 Å². The highest BCUT2D eigenvalue weighted by Crippen LogP contribution is 2.52. The number of rotatable bonds is 5. The Hall–Kier alpha value is -5.03. The van der Waals surface area contributed by atoms with E-state index >= 15 is 0 Å². The van der Waals surface area contributed by atoms with E-state index in [2.05, 4.69) is 70.3 Å². The molecule has 4 aliphatic rings. The molecule has 0 radical (unpaired) electrons. The van der Waals surface area contributed by atoms with E-state index in [1.807, 2.05) is 24.3 Å². The summed E-state index contributed by atoms with van der Waals surface area (Å²) in [6, 6.07) is 20.7. The maximum Gasteiger partial charge on any atom is 0.238 e. The van der Waals surface area contributed by atoms with Crippen molar-refractivity contribution in [3.8, 4) is 51.9 Å². The summed E-state index contributed by atoms with van der Waals surface area (Å²) in [5.74, 6) is 5.19. The van der Waals surface area contributed by atoms with Gasteiger partial charge in [-0.25, -0.2) is 9.97 Å². The first-order chi connectivity index (χ1) is 25.3. The molecule has 0 aliphatic carbocycles. The van der Waals surface area contributed by atoms with Crippen LogP contribution < -0.4 is 28.4 Å². The summed E-state index contributed by atoms with van der Waals surface area (Å²) < 4.78 is 37.8. The minimum atomic E-state index is -0.0685. The minimum Gasteiger partial charge on any atom is -0.493 e. The SMILES string of the molecule is COc1cc2c3cc1Oc1c(OC)c(OC)cc4c1[C@@H](Cc1ccc(Oc5cnc(Cl)cn5)c(c1)Oc1ccc(cc1)C[C@@H]3N(C)CC2)N(C)CC4. The molecule has 5 aromatic rings. The summed E-state index contributed by atoms with van der Waals surface area (Å²) in [6.45, 7) is 1.79. The highest BCUT2D eigenvalue weighted by molar-refractivity contribution is 6.29. The Balaban J connectivity index is 1.32. The highest BCUT2D eigenvalue weighted by Gasteiger charge is 2.35. The first-order valence-corrected chi connectivity index (χ1v) is 17.8. The van der Waals surface area contributed by atoms with Crippen molar-refractivity contribution >= 4 is 11.6 Å². The number of benzene rings is 4. The highest BCUT2D eigenvalue weighted by atomic mass is 35.5. The molecule has 6 bridgehead atoms. The molecule has 0 amide bonds. The van der Waals surface area contributed by atoms with Gasteiger partial charge in [-0.2, -0.15) is 0 Å². The van der Waals surface area contributed by atoms with Crippen LogP contribution in [0.3, 0.4) is 0 Å². The van der Waals surface area contributed by atoms with Crippen LogP contribution in [0.25, 0.3) is 0 Å². The quantitative estimate of drug-likeness (QED) is 0.176. The van der Waals surface area contributed by atoms with Crippen molar-refractivity contribution in [3.63, 3.8) is 0 Å².